The second kappa shape index (κ2) is 12.2. The highest BCUT2D eigenvalue weighted by molar-refractivity contribution is 7.02. The number of rotatable bonds is 5. The van der Waals surface area contributed by atoms with E-state index in [1.165, 1.54) is 32.5 Å². The van der Waals surface area contributed by atoms with Crippen LogP contribution in [0, 0.1) is 17.9 Å². The molecule has 0 radical (unpaired) electrons. The molecule has 7 aromatic carbocycles. The van der Waals surface area contributed by atoms with E-state index in [9.17, 15) is 5.26 Å². The number of para-hydroxylation sites is 4. The fourth-order valence-electron chi connectivity index (χ4n) is 7.92. The van der Waals surface area contributed by atoms with Crippen LogP contribution >= 0.6 is 0 Å². The molecule has 9 rings (SSSR count). The molecule has 0 aliphatic carbocycles. The van der Waals surface area contributed by atoms with Crippen LogP contribution in [0.15, 0.2) is 164 Å². The van der Waals surface area contributed by atoms with Crippen LogP contribution in [-0.4, -0.2) is 12.6 Å². The van der Waals surface area contributed by atoms with Crippen molar-refractivity contribution in [1.29, 1.82) is 5.26 Å². The van der Waals surface area contributed by atoms with Gasteiger partial charge in [-0.1, -0.05) is 98.0 Å². The molecule has 0 atom stereocenters. The first-order valence-electron chi connectivity index (χ1n) is 17.4. The molecular formula is C46H33N5Si. The quantitative estimate of drug-likeness (QED) is 0.134. The van der Waals surface area contributed by atoms with E-state index in [-0.39, 0.29) is 0 Å². The summed E-state index contributed by atoms with van der Waals surface area (Å²) in [7, 11) is -2.01. The number of fused-ring (bicyclic) bond motifs is 5. The molecule has 52 heavy (non-hydrogen) atoms. The summed E-state index contributed by atoms with van der Waals surface area (Å²) in [6, 6.07) is 59.5. The first-order chi connectivity index (χ1) is 25.5. The Kier molecular flexibility index (Phi) is 7.29. The summed E-state index contributed by atoms with van der Waals surface area (Å²) in [6.45, 7) is 12.5. The third-order valence-corrected chi connectivity index (χ3v) is 13.9. The van der Waals surface area contributed by atoms with Crippen LogP contribution in [0.3, 0.4) is 0 Å². The molecule has 0 fully saturated rings. The monoisotopic (exact) mass is 683 g/mol. The largest absolute Gasteiger partial charge is 0.311 e. The normalized spacial score (nSPS) is 12.9. The summed E-state index contributed by atoms with van der Waals surface area (Å²) in [6.07, 6.45) is 0. The van der Waals surface area contributed by atoms with Crippen LogP contribution in [0.2, 0.25) is 13.1 Å². The summed E-state index contributed by atoms with van der Waals surface area (Å²) in [5, 5.41) is 14.9. The molecular weight excluding hydrogens is 651 g/mol. The highest BCUT2D eigenvalue weighted by Crippen LogP contribution is 2.45. The van der Waals surface area contributed by atoms with E-state index >= 15 is 0 Å². The lowest BCUT2D eigenvalue weighted by Gasteiger charge is -2.41. The summed E-state index contributed by atoms with van der Waals surface area (Å²) < 4.78 is 2.37. The van der Waals surface area contributed by atoms with Crippen molar-refractivity contribution in [2.75, 3.05) is 9.80 Å². The molecule has 0 unspecified atom stereocenters. The number of anilines is 6. The van der Waals surface area contributed by atoms with Gasteiger partial charge in [-0.25, -0.2) is 4.85 Å². The molecule has 1 aromatic heterocycles. The van der Waals surface area contributed by atoms with Gasteiger partial charge in [0.05, 0.1) is 46.3 Å². The maximum atomic E-state index is 9.65. The van der Waals surface area contributed by atoms with Gasteiger partial charge in [0.25, 0.3) is 0 Å². The molecule has 1 aliphatic heterocycles. The van der Waals surface area contributed by atoms with Crippen molar-refractivity contribution in [3.05, 3.63) is 181 Å². The van der Waals surface area contributed by atoms with Gasteiger partial charge in [-0.2, -0.15) is 5.26 Å². The highest BCUT2D eigenvalue weighted by Gasteiger charge is 2.38. The fraction of sp³-hybridized carbons (Fsp3) is 0.0435. The predicted octanol–water partition coefficient (Wildman–Crippen LogP) is 11.3. The average Bonchev–Trinajstić information content (AvgIpc) is 3.53. The molecule has 6 heteroatoms. The molecule has 0 N–H and O–H groups in total. The van der Waals surface area contributed by atoms with Gasteiger partial charge < -0.3 is 14.4 Å². The molecule has 0 saturated heterocycles. The van der Waals surface area contributed by atoms with Crippen LogP contribution in [0.4, 0.5) is 39.8 Å². The fourth-order valence-corrected chi connectivity index (χ4v) is 10.9. The van der Waals surface area contributed by atoms with Crippen molar-refractivity contribution in [3.8, 4) is 11.8 Å². The molecule has 5 nitrogen and oxygen atoms in total. The highest BCUT2D eigenvalue weighted by atomic mass is 28.3. The van der Waals surface area contributed by atoms with Crippen LogP contribution in [0.5, 0.6) is 0 Å². The van der Waals surface area contributed by atoms with Crippen molar-refractivity contribution in [1.82, 2.24) is 4.57 Å². The standard InChI is InChI=1S/C46H33N5Si/c1-48-33-22-26-35(27-23-33)49(34-24-20-32(31-47)21-25-34)36-28-37(50-41-14-6-4-12-39(41)40-13-5-7-15-42(40)50)30-38(29-36)51-43-16-8-10-18-45(43)52(2,3)46-19-11-9-17-44(46)51/h4-30H,2-3H3. The lowest BCUT2D eigenvalue weighted by atomic mass is 10.1. The zero-order valence-corrected chi connectivity index (χ0v) is 29.8. The van der Waals surface area contributed by atoms with Gasteiger partial charge in [0, 0.05) is 33.5 Å². The van der Waals surface area contributed by atoms with E-state index in [1.54, 1.807) is 0 Å². The van der Waals surface area contributed by atoms with E-state index in [0.717, 1.165) is 39.5 Å². The number of aromatic nitrogens is 1. The number of hydrogen-bond donors (Lipinski definition) is 0. The Morgan fingerprint density at radius 3 is 1.63 bits per heavy atom. The van der Waals surface area contributed by atoms with E-state index < -0.39 is 8.07 Å². The second-order valence-corrected chi connectivity index (χ2v) is 18.0. The summed E-state index contributed by atoms with van der Waals surface area (Å²) >= 11 is 0. The minimum atomic E-state index is -2.01. The van der Waals surface area contributed by atoms with Gasteiger partial charge in [-0.15, -0.1) is 0 Å². The predicted molar refractivity (Wildman–Crippen MR) is 218 cm³/mol. The second-order valence-electron chi connectivity index (χ2n) is 13.7. The minimum Gasteiger partial charge on any atom is -0.311 e. The summed E-state index contributed by atoms with van der Waals surface area (Å²) in [4.78, 5) is 8.32. The van der Waals surface area contributed by atoms with Gasteiger partial charge in [0.15, 0.2) is 5.69 Å². The first-order valence-corrected chi connectivity index (χ1v) is 20.4. The van der Waals surface area contributed by atoms with Crippen molar-refractivity contribution < 1.29 is 0 Å². The third kappa shape index (κ3) is 4.89. The lowest BCUT2D eigenvalue weighted by molar-refractivity contribution is 1.16. The van der Waals surface area contributed by atoms with Gasteiger partial charge in [-0.3, -0.25) is 0 Å². The molecule has 1 aliphatic rings. The maximum absolute atomic E-state index is 9.65. The van der Waals surface area contributed by atoms with Crippen LogP contribution in [-0.2, 0) is 0 Å². The van der Waals surface area contributed by atoms with Crippen LogP contribution < -0.4 is 20.2 Å². The van der Waals surface area contributed by atoms with Crippen LogP contribution in [0.25, 0.3) is 32.3 Å². The Labute approximate surface area is 304 Å². The van der Waals surface area contributed by atoms with Crippen molar-refractivity contribution in [3.63, 3.8) is 0 Å². The third-order valence-electron chi connectivity index (χ3n) is 10.4. The SMILES string of the molecule is [C-]#[N+]c1ccc(N(c2ccc(C#N)cc2)c2cc(N3c4ccccc4[Si](C)(C)c4ccccc43)cc(-n3c4ccccc4c4ccccc43)c2)cc1. The zero-order chi connectivity index (χ0) is 35.4. The Bertz CT molecular complexity index is 2590. The summed E-state index contributed by atoms with van der Waals surface area (Å²) in [5.41, 5.74) is 10.7. The minimum absolute atomic E-state index is 0.580. The molecule has 0 spiro atoms. The van der Waals surface area contributed by atoms with E-state index in [0.29, 0.717) is 11.3 Å². The Balaban J connectivity index is 1.38. The van der Waals surface area contributed by atoms with Crippen molar-refractivity contribution in [2.24, 2.45) is 0 Å². The Morgan fingerprint density at radius 2 is 1.08 bits per heavy atom. The van der Waals surface area contributed by atoms with Gasteiger partial charge >= 0.3 is 0 Å². The summed E-state index contributed by atoms with van der Waals surface area (Å²) in [5.74, 6) is 0. The molecule has 0 saturated carbocycles. The van der Waals surface area contributed by atoms with E-state index in [4.69, 9.17) is 6.57 Å². The molecule has 2 heterocycles. The molecule has 8 aromatic rings. The van der Waals surface area contributed by atoms with Gasteiger partial charge in [0.2, 0.25) is 0 Å². The topological polar surface area (TPSA) is 39.6 Å². The van der Waals surface area contributed by atoms with Crippen molar-refractivity contribution in [2.45, 2.75) is 13.1 Å². The smallest absolute Gasteiger partial charge is 0.187 e. The zero-order valence-electron chi connectivity index (χ0n) is 28.8. The molecule has 246 valence electrons. The van der Waals surface area contributed by atoms with E-state index in [1.807, 2.05) is 48.5 Å². The van der Waals surface area contributed by atoms with E-state index in [2.05, 4.69) is 154 Å². The lowest BCUT2D eigenvalue weighted by Crippen LogP contribution is -2.58. The number of nitriles is 1. The number of benzene rings is 7. The molecule has 0 amide bonds. The number of nitrogens with zero attached hydrogens (tertiary/aromatic N) is 5. The Morgan fingerprint density at radius 1 is 0.577 bits per heavy atom. The van der Waals surface area contributed by atoms with Crippen LogP contribution in [0.1, 0.15) is 5.56 Å². The average molecular weight is 684 g/mol. The maximum Gasteiger partial charge on any atom is 0.187 e. The molecule has 0 bridgehead atoms. The Hall–Kier alpha value is -6.86. The van der Waals surface area contributed by atoms with Crippen molar-refractivity contribution >= 4 is 80.1 Å². The number of hydrogen-bond acceptors (Lipinski definition) is 3. The van der Waals surface area contributed by atoms with Gasteiger partial charge in [-0.05, 0) is 89.2 Å². The van der Waals surface area contributed by atoms with Gasteiger partial charge in [0.1, 0.15) is 8.07 Å². The first kappa shape index (κ1) is 31.1.